The molecule has 0 aliphatic rings. The van der Waals surface area contributed by atoms with Crippen LogP contribution in [0.15, 0.2) is 12.5 Å². The van der Waals surface area contributed by atoms with Crippen LogP contribution in [0, 0.1) is 0 Å². The second-order valence-corrected chi connectivity index (χ2v) is 3.96. The maximum absolute atomic E-state index is 4.31. The number of nitrogens with zero attached hydrogens (tertiary/aromatic N) is 4. The molecule has 0 aliphatic carbocycles. The third kappa shape index (κ3) is 2.13. The van der Waals surface area contributed by atoms with E-state index in [1.165, 1.54) is 19.3 Å². The fourth-order valence-electron chi connectivity index (χ4n) is 1.76. The van der Waals surface area contributed by atoms with Gasteiger partial charge in [-0.1, -0.05) is 19.8 Å². The number of rotatable bonds is 5. The number of fused-ring (bicyclic) bond motifs is 1. The van der Waals surface area contributed by atoms with E-state index in [1.54, 1.807) is 12.5 Å². The minimum atomic E-state index is 0.798. The molecule has 0 aromatic carbocycles. The maximum atomic E-state index is 4.31. The van der Waals surface area contributed by atoms with Gasteiger partial charge in [-0.15, -0.1) is 0 Å². The summed E-state index contributed by atoms with van der Waals surface area (Å²) in [5.74, 6) is 0.954. The molecular formula is C11H17N5. The summed E-state index contributed by atoms with van der Waals surface area (Å²) < 4.78 is 0. The van der Waals surface area contributed by atoms with Crippen LogP contribution in [-0.4, -0.2) is 33.8 Å². The summed E-state index contributed by atoms with van der Waals surface area (Å²) in [6.07, 6.45) is 7.03. The molecule has 0 unspecified atom stereocenters. The highest BCUT2D eigenvalue weighted by Gasteiger charge is 2.08. The summed E-state index contributed by atoms with van der Waals surface area (Å²) in [5.41, 5.74) is 0.798. The molecule has 0 fully saturated rings. The zero-order valence-corrected chi connectivity index (χ0v) is 9.77. The second-order valence-electron chi connectivity index (χ2n) is 3.96. The van der Waals surface area contributed by atoms with Gasteiger partial charge in [-0.25, -0.2) is 9.97 Å². The molecule has 0 spiro atoms. The summed E-state index contributed by atoms with van der Waals surface area (Å²) in [6.45, 7) is 3.23. The molecule has 2 aromatic heterocycles. The Bertz CT molecular complexity index is 450. The number of aromatic amines is 1. The lowest BCUT2D eigenvalue weighted by Crippen LogP contribution is -2.19. The van der Waals surface area contributed by atoms with Crippen molar-refractivity contribution in [3.63, 3.8) is 0 Å². The molecule has 0 saturated carbocycles. The van der Waals surface area contributed by atoms with Gasteiger partial charge >= 0.3 is 0 Å². The number of anilines is 1. The van der Waals surface area contributed by atoms with Crippen LogP contribution >= 0.6 is 0 Å². The van der Waals surface area contributed by atoms with Crippen molar-refractivity contribution >= 4 is 16.9 Å². The molecule has 0 amide bonds. The third-order valence-corrected chi connectivity index (χ3v) is 2.69. The van der Waals surface area contributed by atoms with E-state index in [0.29, 0.717) is 0 Å². The average molecular weight is 219 g/mol. The van der Waals surface area contributed by atoms with Crippen molar-refractivity contribution in [1.82, 2.24) is 20.2 Å². The number of aromatic nitrogens is 4. The van der Waals surface area contributed by atoms with Gasteiger partial charge in [0.25, 0.3) is 0 Å². The Morgan fingerprint density at radius 3 is 3.00 bits per heavy atom. The summed E-state index contributed by atoms with van der Waals surface area (Å²) in [5, 5.41) is 7.83. The van der Waals surface area contributed by atoms with Gasteiger partial charge in [0, 0.05) is 13.6 Å². The van der Waals surface area contributed by atoms with Gasteiger partial charge in [-0.3, -0.25) is 5.10 Å². The van der Waals surface area contributed by atoms with Crippen molar-refractivity contribution in [2.45, 2.75) is 26.2 Å². The van der Waals surface area contributed by atoms with Crippen LogP contribution in [0.2, 0.25) is 0 Å². The number of unbranched alkanes of at least 4 members (excludes halogenated alkanes) is 2. The Hall–Kier alpha value is -1.65. The van der Waals surface area contributed by atoms with E-state index in [2.05, 4.69) is 39.0 Å². The van der Waals surface area contributed by atoms with Crippen LogP contribution < -0.4 is 4.90 Å². The lowest BCUT2D eigenvalue weighted by Gasteiger charge is -2.17. The minimum Gasteiger partial charge on any atom is -0.359 e. The molecule has 0 radical (unpaired) electrons. The molecular weight excluding hydrogens is 202 g/mol. The topological polar surface area (TPSA) is 57.7 Å². The van der Waals surface area contributed by atoms with Gasteiger partial charge in [0.2, 0.25) is 0 Å². The number of H-pyrrole nitrogens is 1. The predicted molar refractivity (Wildman–Crippen MR) is 64.5 cm³/mol. The lowest BCUT2D eigenvalue weighted by molar-refractivity contribution is 0.702. The highest BCUT2D eigenvalue weighted by Crippen LogP contribution is 2.19. The fraction of sp³-hybridized carbons (Fsp3) is 0.545. The molecule has 5 heteroatoms. The minimum absolute atomic E-state index is 0.798. The Morgan fingerprint density at radius 1 is 1.31 bits per heavy atom. The molecule has 0 atom stereocenters. The molecule has 2 heterocycles. The van der Waals surface area contributed by atoms with E-state index in [4.69, 9.17) is 0 Å². The molecule has 0 bridgehead atoms. The predicted octanol–water partition coefficient (Wildman–Crippen LogP) is 1.98. The molecule has 86 valence electrons. The lowest BCUT2D eigenvalue weighted by atomic mass is 10.2. The molecule has 16 heavy (non-hydrogen) atoms. The smallest absolute Gasteiger partial charge is 0.160 e. The molecule has 2 aromatic rings. The van der Waals surface area contributed by atoms with Crippen molar-refractivity contribution in [3.05, 3.63) is 12.5 Å². The SMILES string of the molecule is CCCCCN(C)c1ncnc2[nH]ncc12. The van der Waals surface area contributed by atoms with E-state index in [9.17, 15) is 0 Å². The van der Waals surface area contributed by atoms with Gasteiger partial charge in [0.1, 0.15) is 12.1 Å². The van der Waals surface area contributed by atoms with Crippen LogP contribution in [0.4, 0.5) is 5.82 Å². The molecule has 0 aliphatic heterocycles. The van der Waals surface area contributed by atoms with E-state index >= 15 is 0 Å². The first-order chi connectivity index (χ1) is 7.83. The Balaban J connectivity index is 2.15. The number of hydrogen-bond acceptors (Lipinski definition) is 4. The first-order valence-electron chi connectivity index (χ1n) is 5.68. The monoisotopic (exact) mass is 219 g/mol. The van der Waals surface area contributed by atoms with Gasteiger partial charge in [0.05, 0.1) is 11.6 Å². The Labute approximate surface area is 94.9 Å². The molecule has 1 N–H and O–H groups in total. The van der Waals surface area contributed by atoms with E-state index in [-0.39, 0.29) is 0 Å². The first-order valence-corrected chi connectivity index (χ1v) is 5.68. The molecule has 2 rings (SSSR count). The number of nitrogens with one attached hydrogen (secondary N) is 1. The normalized spacial score (nSPS) is 10.9. The zero-order chi connectivity index (χ0) is 11.4. The summed E-state index contributed by atoms with van der Waals surface area (Å²) in [4.78, 5) is 10.6. The van der Waals surface area contributed by atoms with Gasteiger partial charge in [0.15, 0.2) is 5.65 Å². The van der Waals surface area contributed by atoms with Crippen molar-refractivity contribution < 1.29 is 0 Å². The van der Waals surface area contributed by atoms with Gasteiger partial charge in [-0.05, 0) is 6.42 Å². The van der Waals surface area contributed by atoms with Gasteiger partial charge in [-0.2, -0.15) is 5.10 Å². The van der Waals surface area contributed by atoms with E-state index < -0.39 is 0 Å². The average Bonchev–Trinajstić information content (AvgIpc) is 2.76. The number of hydrogen-bond donors (Lipinski definition) is 1. The highest BCUT2D eigenvalue weighted by molar-refractivity contribution is 5.85. The molecule has 5 nitrogen and oxygen atoms in total. The van der Waals surface area contributed by atoms with Crippen molar-refractivity contribution in [2.75, 3.05) is 18.5 Å². The zero-order valence-electron chi connectivity index (χ0n) is 9.77. The van der Waals surface area contributed by atoms with Crippen LogP contribution in [0.25, 0.3) is 11.0 Å². The van der Waals surface area contributed by atoms with E-state index in [1.807, 2.05) is 0 Å². The third-order valence-electron chi connectivity index (χ3n) is 2.69. The van der Waals surface area contributed by atoms with Crippen LogP contribution in [0.3, 0.4) is 0 Å². The van der Waals surface area contributed by atoms with E-state index in [0.717, 1.165) is 23.4 Å². The van der Waals surface area contributed by atoms with Crippen molar-refractivity contribution in [2.24, 2.45) is 0 Å². The molecule has 0 saturated heterocycles. The quantitative estimate of drug-likeness (QED) is 0.781. The summed E-state index contributed by atoms with van der Waals surface area (Å²) in [7, 11) is 2.06. The van der Waals surface area contributed by atoms with Gasteiger partial charge < -0.3 is 4.90 Å². The highest BCUT2D eigenvalue weighted by atomic mass is 15.2. The van der Waals surface area contributed by atoms with Crippen LogP contribution in [0.5, 0.6) is 0 Å². The Kier molecular flexibility index (Phi) is 3.34. The summed E-state index contributed by atoms with van der Waals surface area (Å²) in [6, 6.07) is 0. The van der Waals surface area contributed by atoms with Crippen LogP contribution in [0.1, 0.15) is 26.2 Å². The standard InChI is InChI=1S/C11H17N5/c1-3-4-5-6-16(2)11-9-7-14-15-10(9)12-8-13-11/h7-8H,3-6H2,1-2H3,(H,12,13,14,15). The maximum Gasteiger partial charge on any atom is 0.160 e. The Morgan fingerprint density at radius 2 is 2.19 bits per heavy atom. The van der Waals surface area contributed by atoms with Crippen molar-refractivity contribution in [1.29, 1.82) is 0 Å². The van der Waals surface area contributed by atoms with Crippen LogP contribution in [-0.2, 0) is 0 Å². The summed E-state index contributed by atoms with van der Waals surface area (Å²) >= 11 is 0. The largest absolute Gasteiger partial charge is 0.359 e. The van der Waals surface area contributed by atoms with Crippen molar-refractivity contribution in [3.8, 4) is 0 Å². The first kappa shape index (κ1) is 10.9. The second kappa shape index (κ2) is 4.92. The fourth-order valence-corrected chi connectivity index (χ4v) is 1.76.